The van der Waals surface area contributed by atoms with Crippen molar-refractivity contribution in [1.29, 1.82) is 0 Å². The van der Waals surface area contributed by atoms with E-state index in [2.05, 4.69) is 45.9 Å². The highest BCUT2D eigenvalue weighted by Crippen LogP contribution is 2.44. The Labute approximate surface area is 104 Å². The molecule has 0 aromatic heterocycles. The third-order valence-corrected chi connectivity index (χ3v) is 4.29. The zero-order valence-corrected chi connectivity index (χ0v) is 11.3. The highest BCUT2D eigenvalue weighted by Gasteiger charge is 2.50. The predicted molar refractivity (Wildman–Crippen MR) is 71.3 cm³/mol. The third kappa shape index (κ3) is 2.19. The number of nitrogens with two attached hydrogens (primary N) is 1. The fourth-order valence-corrected chi connectivity index (χ4v) is 2.69. The summed E-state index contributed by atoms with van der Waals surface area (Å²) in [5, 5.41) is 0. The summed E-state index contributed by atoms with van der Waals surface area (Å²) in [4.78, 5) is 0. The first-order valence-electron chi connectivity index (χ1n) is 6.46. The molecular formula is C15H23NO. The Morgan fingerprint density at radius 1 is 1.29 bits per heavy atom. The summed E-state index contributed by atoms with van der Waals surface area (Å²) in [6.45, 7) is 8.63. The van der Waals surface area contributed by atoms with Gasteiger partial charge in [0.2, 0.25) is 0 Å². The minimum atomic E-state index is 0.137. The van der Waals surface area contributed by atoms with Gasteiger partial charge in [-0.25, -0.2) is 0 Å². The maximum Gasteiger partial charge on any atom is 0.120 e. The van der Waals surface area contributed by atoms with E-state index < -0.39 is 0 Å². The molecule has 1 fully saturated rings. The lowest BCUT2D eigenvalue weighted by molar-refractivity contribution is -0.0560. The van der Waals surface area contributed by atoms with E-state index in [1.165, 1.54) is 11.1 Å². The van der Waals surface area contributed by atoms with Crippen molar-refractivity contribution in [3.8, 4) is 5.75 Å². The summed E-state index contributed by atoms with van der Waals surface area (Å²) < 4.78 is 6.11. The third-order valence-electron chi connectivity index (χ3n) is 4.29. The monoisotopic (exact) mass is 233 g/mol. The lowest BCUT2D eigenvalue weighted by Crippen LogP contribution is -2.61. The number of benzene rings is 1. The molecule has 1 aromatic carbocycles. The Morgan fingerprint density at radius 3 is 2.35 bits per heavy atom. The second-order valence-electron chi connectivity index (χ2n) is 5.63. The molecule has 3 atom stereocenters. The van der Waals surface area contributed by atoms with Crippen LogP contribution in [-0.2, 0) is 0 Å². The maximum absolute atomic E-state index is 6.11. The molecule has 0 bridgehead atoms. The summed E-state index contributed by atoms with van der Waals surface area (Å²) in [6.07, 6.45) is 2.31. The standard InChI is InChI=1S/C15H23NO/c1-5-15(4)13(16)9-14(15)17-12-7-10(2)6-11(3)8-12/h6-8,13-14H,5,9,16H2,1-4H3. The van der Waals surface area contributed by atoms with Crippen molar-refractivity contribution >= 4 is 0 Å². The quantitative estimate of drug-likeness (QED) is 0.870. The molecule has 3 unspecified atom stereocenters. The van der Waals surface area contributed by atoms with Crippen LogP contribution in [0.4, 0.5) is 0 Å². The highest BCUT2D eigenvalue weighted by molar-refractivity contribution is 5.33. The van der Waals surface area contributed by atoms with Crippen LogP contribution in [0, 0.1) is 19.3 Å². The molecule has 0 spiro atoms. The Morgan fingerprint density at radius 2 is 1.88 bits per heavy atom. The lowest BCUT2D eigenvalue weighted by Gasteiger charge is -2.51. The molecule has 2 nitrogen and oxygen atoms in total. The van der Waals surface area contributed by atoms with Crippen LogP contribution in [0.3, 0.4) is 0 Å². The molecule has 94 valence electrons. The van der Waals surface area contributed by atoms with Gasteiger partial charge in [0.25, 0.3) is 0 Å². The summed E-state index contributed by atoms with van der Waals surface area (Å²) in [5.74, 6) is 0.985. The molecule has 0 saturated heterocycles. The molecule has 17 heavy (non-hydrogen) atoms. The smallest absolute Gasteiger partial charge is 0.120 e. The molecule has 0 radical (unpaired) electrons. The average molecular weight is 233 g/mol. The first-order valence-corrected chi connectivity index (χ1v) is 6.46. The van der Waals surface area contributed by atoms with Crippen LogP contribution in [0.25, 0.3) is 0 Å². The molecule has 2 heteroatoms. The van der Waals surface area contributed by atoms with Gasteiger partial charge in [-0.15, -0.1) is 0 Å². The van der Waals surface area contributed by atoms with E-state index in [0.29, 0.717) is 0 Å². The summed E-state index contributed by atoms with van der Waals surface area (Å²) in [5.41, 5.74) is 8.73. The molecular weight excluding hydrogens is 210 g/mol. The van der Waals surface area contributed by atoms with Crippen LogP contribution in [0.1, 0.15) is 37.8 Å². The number of aryl methyl sites for hydroxylation is 2. The molecule has 1 aromatic rings. The zero-order valence-electron chi connectivity index (χ0n) is 11.3. The largest absolute Gasteiger partial charge is 0.490 e. The Balaban J connectivity index is 2.12. The van der Waals surface area contributed by atoms with Crippen molar-refractivity contribution in [3.63, 3.8) is 0 Å². The minimum Gasteiger partial charge on any atom is -0.490 e. The average Bonchev–Trinajstić information content (AvgIpc) is 2.26. The zero-order chi connectivity index (χ0) is 12.6. The van der Waals surface area contributed by atoms with Gasteiger partial charge in [-0.3, -0.25) is 0 Å². The molecule has 0 heterocycles. The van der Waals surface area contributed by atoms with Crippen molar-refractivity contribution in [2.24, 2.45) is 11.1 Å². The lowest BCUT2D eigenvalue weighted by atomic mass is 9.62. The Kier molecular flexibility index (Phi) is 3.17. The first kappa shape index (κ1) is 12.4. The van der Waals surface area contributed by atoms with Gasteiger partial charge in [0.1, 0.15) is 11.9 Å². The second-order valence-corrected chi connectivity index (χ2v) is 5.63. The van der Waals surface area contributed by atoms with Crippen LogP contribution in [0.5, 0.6) is 5.75 Å². The van der Waals surface area contributed by atoms with Gasteiger partial charge in [0.05, 0.1) is 0 Å². The van der Waals surface area contributed by atoms with Gasteiger partial charge in [-0.05, 0) is 43.5 Å². The summed E-state index contributed by atoms with van der Waals surface area (Å²) in [7, 11) is 0. The molecule has 1 aliphatic rings. The second kappa shape index (κ2) is 4.34. The molecule has 1 saturated carbocycles. The van der Waals surface area contributed by atoms with Crippen LogP contribution in [-0.4, -0.2) is 12.1 Å². The summed E-state index contributed by atoms with van der Waals surface area (Å²) in [6, 6.07) is 6.65. The van der Waals surface area contributed by atoms with Gasteiger partial charge in [0, 0.05) is 17.9 Å². The van der Waals surface area contributed by atoms with Crippen LogP contribution < -0.4 is 10.5 Å². The van der Waals surface area contributed by atoms with Gasteiger partial charge >= 0.3 is 0 Å². The van der Waals surface area contributed by atoms with Gasteiger partial charge in [-0.2, -0.15) is 0 Å². The Hall–Kier alpha value is -1.02. The fourth-order valence-electron chi connectivity index (χ4n) is 2.69. The molecule has 1 aliphatic carbocycles. The van der Waals surface area contributed by atoms with E-state index in [4.69, 9.17) is 10.5 Å². The van der Waals surface area contributed by atoms with Gasteiger partial charge in [0.15, 0.2) is 0 Å². The Bertz CT molecular complexity index is 395. The van der Waals surface area contributed by atoms with Crippen molar-refractivity contribution in [1.82, 2.24) is 0 Å². The van der Waals surface area contributed by atoms with E-state index in [0.717, 1.165) is 18.6 Å². The molecule has 2 rings (SSSR count). The number of ether oxygens (including phenoxy) is 1. The molecule has 2 N–H and O–H groups in total. The van der Waals surface area contributed by atoms with Crippen molar-refractivity contribution in [2.45, 2.75) is 52.7 Å². The van der Waals surface area contributed by atoms with Crippen molar-refractivity contribution < 1.29 is 4.74 Å². The van der Waals surface area contributed by atoms with E-state index in [-0.39, 0.29) is 17.6 Å². The van der Waals surface area contributed by atoms with Crippen LogP contribution >= 0.6 is 0 Å². The van der Waals surface area contributed by atoms with Crippen LogP contribution in [0.2, 0.25) is 0 Å². The van der Waals surface area contributed by atoms with Gasteiger partial charge in [-0.1, -0.05) is 19.9 Å². The van der Waals surface area contributed by atoms with Crippen LogP contribution in [0.15, 0.2) is 18.2 Å². The summed E-state index contributed by atoms with van der Waals surface area (Å²) >= 11 is 0. The normalized spacial score (nSPS) is 32.1. The van der Waals surface area contributed by atoms with E-state index in [1.807, 2.05) is 0 Å². The first-order chi connectivity index (χ1) is 7.95. The number of rotatable bonds is 3. The van der Waals surface area contributed by atoms with Crippen molar-refractivity contribution in [3.05, 3.63) is 29.3 Å². The SMILES string of the molecule is CCC1(C)C(N)CC1Oc1cc(C)cc(C)c1. The van der Waals surface area contributed by atoms with Crippen molar-refractivity contribution in [2.75, 3.05) is 0 Å². The molecule has 0 aliphatic heterocycles. The van der Waals surface area contributed by atoms with E-state index in [9.17, 15) is 0 Å². The predicted octanol–water partition coefficient (Wildman–Crippen LogP) is 3.20. The maximum atomic E-state index is 6.11. The number of hydrogen-bond donors (Lipinski definition) is 1. The number of hydrogen-bond acceptors (Lipinski definition) is 2. The van der Waals surface area contributed by atoms with Gasteiger partial charge < -0.3 is 10.5 Å². The highest BCUT2D eigenvalue weighted by atomic mass is 16.5. The fraction of sp³-hybridized carbons (Fsp3) is 0.600. The molecule has 0 amide bonds. The minimum absolute atomic E-state index is 0.137. The topological polar surface area (TPSA) is 35.2 Å². The van der Waals surface area contributed by atoms with E-state index in [1.54, 1.807) is 0 Å². The van der Waals surface area contributed by atoms with E-state index >= 15 is 0 Å².